The minimum absolute atomic E-state index is 0.332. The Morgan fingerprint density at radius 1 is 1.14 bits per heavy atom. The van der Waals surface area contributed by atoms with Crippen molar-refractivity contribution in [3.63, 3.8) is 0 Å². The Morgan fingerprint density at radius 3 is 2.50 bits per heavy atom. The van der Waals surface area contributed by atoms with Gasteiger partial charge in [0.05, 0.1) is 0 Å². The van der Waals surface area contributed by atoms with Crippen LogP contribution in [0.15, 0.2) is 24.3 Å². The molecule has 0 radical (unpaired) electrons. The molecule has 0 saturated heterocycles. The normalized spacial score (nSPS) is 10.4. The standard InChI is InChI=1S/C11H16INO/c12-7-1-2-8-13-9-10-3-5-11(14)6-4-10/h3-6,13-14H,1-2,7-9H2. The number of phenolic OH excluding ortho intramolecular Hbond substituents is 1. The number of aromatic hydroxyl groups is 1. The molecule has 0 saturated carbocycles. The minimum atomic E-state index is 0.332. The maximum Gasteiger partial charge on any atom is 0.115 e. The van der Waals surface area contributed by atoms with Crippen LogP contribution in [0.2, 0.25) is 0 Å². The van der Waals surface area contributed by atoms with E-state index in [-0.39, 0.29) is 0 Å². The van der Waals surface area contributed by atoms with Crippen LogP contribution in [0.1, 0.15) is 18.4 Å². The number of phenols is 1. The SMILES string of the molecule is Oc1ccc(CNCCCCI)cc1. The van der Waals surface area contributed by atoms with Crippen molar-refractivity contribution in [1.82, 2.24) is 5.32 Å². The van der Waals surface area contributed by atoms with Crippen LogP contribution in [0.25, 0.3) is 0 Å². The molecule has 0 aromatic heterocycles. The lowest BCUT2D eigenvalue weighted by Crippen LogP contribution is -2.14. The first-order valence-corrected chi connectivity index (χ1v) is 6.40. The molecule has 0 aliphatic heterocycles. The lowest BCUT2D eigenvalue weighted by molar-refractivity contribution is 0.475. The van der Waals surface area contributed by atoms with E-state index in [0.717, 1.165) is 13.1 Å². The summed E-state index contributed by atoms with van der Waals surface area (Å²) in [4.78, 5) is 0. The average molecular weight is 305 g/mol. The molecule has 1 aromatic rings. The minimum Gasteiger partial charge on any atom is -0.508 e. The second kappa shape index (κ2) is 7.06. The molecule has 0 fully saturated rings. The maximum atomic E-state index is 9.08. The van der Waals surface area contributed by atoms with E-state index in [9.17, 15) is 0 Å². The molecule has 0 bridgehead atoms. The number of halogens is 1. The van der Waals surface area contributed by atoms with Gasteiger partial charge in [0.1, 0.15) is 5.75 Å². The van der Waals surface area contributed by atoms with Gasteiger partial charge in [0.15, 0.2) is 0 Å². The van der Waals surface area contributed by atoms with Crippen LogP contribution in [0, 0.1) is 0 Å². The van der Waals surface area contributed by atoms with Crippen molar-refractivity contribution < 1.29 is 5.11 Å². The van der Waals surface area contributed by atoms with Gasteiger partial charge in [0.2, 0.25) is 0 Å². The molecule has 0 amide bonds. The Labute approximate surface area is 98.9 Å². The first kappa shape index (κ1) is 11.8. The Bertz CT molecular complexity index is 248. The van der Waals surface area contributed by atoms with Crippen LogP contribution in [0.4, 0.5) is 0 Å². The molecular weight excluding hydrogens is 289 g/mol. The first-order valence-electron chi connectivity index (χ1n) is 4.87. The lowest BCUT2D eigenvalue weighted by atomic mass is 10.2. The highest BCUT2D eigenvalue weighted by atomic mass is 127. The summed E-state index contributed by atoms with van der Waals surface area (Å²) in [5.41, 5.74) is 1.22. The lowest BCUT2D eigenvalue weighted by Gasteiger charge is -2.04. The number of nitrogens with one attached hydrogen (secondary N) is 1. The Morgan fingerprint density at radius 2 is 1.86 bits per heavy atom. The Hall–Kier alpha value is -0.290. The maximum absolute atomic E-state index is 9.08. The summed E-state index contributed by atoms with van der Waals surface area (Å²) in [5, 5.41) is 12.4. The topological polar surface area (TPSA) is 32.3 Å². The van der Waals surface area contributed by atoms with Crippen LogP contribution in [0.5, 0.6) is 5.75 Å². The van der Waals surface area contributed by atoms with Gasteiger partial charge >= 0.3 is 0 Å². The van der Waals surface area contributed by atoms with E-state index in [2.05, 4.69) is 27.9 Å². The second-order valence-corrected chi connectivity index (χ2v) is 4.32. The van der Waals surface area contributed by atoms with E-state index in [1.807, 2.05) is 12.1 Å². The van der Waals surface area contributed by atoms with Crippen molar-refractivity contribution in [1.29, 1.82) is 0 Å². The molecule has 3 heteroatoms. The number of unbranched alkanes of at least 4 members (excludes halogenated alkanes) is 1. The Kier molecular flexibility index (Phi) is 5.94. The van der Waals surface area contributed by atoms with Gasteiger partial charge in [-0.05, 0) is 41.5 Å². The van der Waals surface area contributed by atoms with Crippen molar-refractivity contribution in [2.24, 2.45) is 0 Å². The van der Waals surface area contributed by atoms with Crippen molar-refractivity contribution >= 4 is 22.6 Å². The number of rotatable bonds is 6. The molecule has 2 N–H and O–H groups in total. The summed E-state index contributed by atoms with van der Waals surface area (Å²) in [6.07, 6.45) is 2.52. The highest BCUT2D eigenvalue weighted by molar-refractivity contribution is 14.1. The molecular formula is C11H16INO. The number of benzene rings is 1. The zero-order valence-electron chi connectivity index (χ0n) is 8.17. The molecule has 1 rings (SSSR count). The third-order valence-electron chi connectivity index (χ3n) is 2.00. The molecule has 0 heterocycles. The zero-order chi connectivity index (χ0) is 10.2. The number of alkyl halides is 1. The van der Waals surface area contributed by atoms with E-state index in [1.165, 1.54) is 22.8 Å². The van der Waals surface area contributed by atoms with Gasteiger partial charge in [-0.2, -0.15) is 0 Å². The van der Waals surface area contributed by atoms with Gasteiger partial charge in [0.25, 0.3) is 0 Å². The van der Waals surface area contributed by atoms with Crippen LogP contribution >= 0.6 is 22.6 Å². The van der Waals surface area contributed by atoms with Gasteiger partial charge in [-0.3, -0.25) is 0 Å². The van der Waals surface area contributed by atoms with Gasteiger partial charge in [-0.25, -0.2) is 0 Å². The molecule has 1 aromatic carbocycles. The molecule has 14 heavy (non-hydrogen) atoms. The monoisotopic (exact) mass is 305 g/mol. The smallest absolute Gasteiger partial charge is 0.115 e. The number of hydrogen-bond acceptors (Lipinski definition) is 2. The van der Waals surface area contributed by atoms with E-state index >= 15 is 0 Å². The second-order valence-electron chi connectivity index (χ2n) is 3.24. The van der Waals surface area contributed by atoms with Crippen LogP contribution in [-0.4, -0.2) is 16.1 Å². The van der Waals surface area contributed by atoms with E-state index in [1.54, 1.807) is 12.1 Å². The fourth-order valence-corrected chi connectivity index (χ4v) is 1.73. The van der Waals surface area contributed by atoms with Gasteiger partial charge in [-0.1, -0.05) is 34.7 Å². The average Bonchev–Trinajstić information content (AvgIpc) is 2.21. The summed E-state index contributed by atoms with van der Waals surface area (Å²) < 4.78 is 1.23. The third kappa shape index (κ3) is 4.81. The molecule has 0 aliphatic carbocycles. The fraction of sp³-hybridized carbons (Fsp3) is 0.455. The van der Waals surface area contributed by atoms with Gasteiger partial charge < -0.3 is 10.4 Å². The quantitative estimate of drug-likeness (QED) is 0.481. The predicted octanol–water partition coefficient (Wildman–Crippen LogP) is 2.70. The largest absolute Gasteiger partial charge is 0.508 e. The van der Waals surface area contributed by atoms with Gasteiger partial charge in [0, 0.05) is 6.54 Å². The first-order chi connectivity index (χ1) is 6.83. The van der Waals surface area contributed by atoms with Crippen molar-refractivity contribution in [3.8, 4) is 5.75 Å². The van der Waals surface area contributed by atoms with E-state index < -0.39 is 0 Å². The molecule has 0 atom stereocenters. The van der Waals surface area contributed by atoms with Crippen molar-refractivity contribution in [3.05, 3.63) is 29.8 Å². The molecule has 0 aliphatic rings. The van der Waals surface area contributed by atoms with Gasteiger partial charge in [-0.15, -0.1) is 0 Å². The molecule has 2 nitrogen and oxygen atoms in total. The summed E-state index contributed by atoms with van der Waals surface area (Å²) in [6, 6.07) is 7.34. The summed E-state index contributed by atoms with van der Waals surface area (Å²) in [7, 11) is 0. The molecule has 0 unspecified atom stereocenters. The predicted molar refractivity (Wildman–Crippen MR) is 67.9 cm³/mol. The van der Waals surface area contributed by atoms with Crippen LogP contribution in [0.3, 0.4) is 0 Å². The summed E-state index contributed by atoms with van der Waals surface area (Å²) in [6.45, 7) is 1.96. The van der Waals surface area contributed by atoms with Crippen LogP contribution < -0.4 is 5.32 Å². The van der Waals surface area contributed by atoms with E-state index in [0.29, 0.717) is 5.75 Å². The van der Waals surface area contributed by atoms with Crippen molar-refractivity contribution in [2.75, 3.05) is 11.0 Å². The highest BCUT2D eigenvalue weighted by Crippen LogP contribution is 2.09. The summed E-state index contributed by atoms with van der Waals surface area (Å²) >= 11 is 2.40. The third-order valence-corrected chi connectivity index (χ3v) is 2.77. The molecule has 0 spiro atoms. The highest BCUT2D eigenvalue weighted by Gasteiger charge is 1.92. The Balaban J connectivity index is 2.15. The van der Waals surface area contributed by atoms with Crippen LogP contribution in [-0.2, 0) is 6.54 Å². The van der Waals surface area contributed by atoms with Crippen molar-refractivity contribution in [2.45, 2.75) is 19.4 Å². The zero-order valence-corrected chi connectivity index (χ0v) is 10.3. The van der Waals surface area contributed by atoms with E-state index in [4.69, 9.17) is 5.11 Å². The fourth-order valence-electron chi connectivity index (χ4n) is 1.19. The molecule has 78 valence electrons. The number of hydrogen-bond donors (Lipinski definition) is 2. The summed E-state index contributed by atoms with van der Waals surface area (Å²) in [5.74, 6) is 0.332.